The van der Waals surface area contributed by atoms with Gasteiger partial charge in [-0.1, -0.05) is 59.7 Å². The number of nitrogens with one attached hydrogen (secondary N) is 1. The van der Waals surface area contributed by atoms with E-state index in [1.54, 1.807) is 29.0 Å². The van der Waals surface area contributed by atoms with E-state index in [0.29, 0.717) is 26.3 Å². The number of aromatic nitrogens is 1. The molecular formula is C21H16Cl2N2OS. The van der Waals surface area contributed by atoms with E-state index in [4.69, 9.17) is 35.4 Å². The number of rotatable bonds is 4. The molecule has 3 rings (SSSR count). The molecule has 0 saturated heterocycles. The molecule has 0 bridgehead atoms. The van der Waals surface area contributed by atoms with Crippen LogP contribution in [0.15, 0.2) is 73.1 Å². The number of hydrogen-bond donors (Lipinski definition) is 1. The summed E-state index contributed by atoms with van der Waals surface area (Å²) in [4.78, 5) is 0.313. The summed E-state index contributed by atoms with van der Waals surface area (Å²) in [7, 11) is 0. The summed E-state index contributed by atoms with van der Waals surface area (Å²) in [5.74, 6) is -0.252. The maximum absolute atomic E-state index is 13.3. The predicted octanol–water partition coefficient (Wildman–Crippen LogP) is 4.71. The highest BCUT2D eigenvalue weighted by Crippen LogP contribution is 2.26. The number of aryl methyl sites for hydroxylation is 1. The van der Waals surface area contributed by atoms with Gasteiger partial charge in [0.25, 0.3) is 0 Å². The number of anilines is 1. The number of pyridine rings is 1. The SMILES string of the molecule is Cc1ccc[n+](C(C(=S)Nc2ccccc2)=C([O-])c2ccc(Cl)c(Cl)c2)c1. The standard InChI is InChI=1S/C21H16Cl2N2OS/c1-14-6-5-11-25(13-14)19(21(27)24-16-7-3-2-4-8-16)20(26)15-9-10-17(22)18(23)12-15/h2-13H,1H3,(H-,24,26,27). The van der Waals surface area contributed by atoms with Crippen LogP contribution in [0.5, 0.6) is 0 Å². The van der Waals surface area contributed by atoms with Crippen molar-refractivity contribution < 1.29 is 9.67 Å². The van der Waals surface area contributed by atoms with Crippen molar-refractivity contribution >= 4 is 57.6 Å². The summed E-state index contributed by atoms with van der Waals surface area (Å²) in [6, 6.07) is 18.1. The van der Waals surface area contributed by atoms with Gasteiger partial charge >= 0.3 is 0 Å². The molecule has 0 spiro atoms. The smallest absolute Gasteiger partial charge is 0.238 e. The van der Waals surface area contributed by atoms with Crippen LogP contribution in [0.3, 0.4) is 0 Å². The second kappa shape index (κ2) is 8.53. The van der Waals surface area contributed by atoms with Gasteiger partial charge < -0.3 is 10.4 Å². The van der Waals surface area contributed by atoms with E-state index in [1.807, 2.05) is 55.6 Å². The van der Waals surface area contributed by atoms with Crippen molar-refractivity contribution in [2.45, 2.75) is 6.92 Å². The summed E-state index contributed by atoms with van der Waals surface area (Å²) in [5.41, 5.74) is 2.54. The first-order valence-corrected chi connectivity index (χ1v) is 9.33. The van der Waals surface area contributed by atoms with Crippen LogP contribution in [0.1, 0.15) is 11.1 Å². The fourth-order valence-corrected chi connectivity index (χ4v) is 3.17. The van der Waals surface area contributed by atoms with E-state index in [-0.39, 0.29) is 5.76 Å². The van der Waals surface area contributed by atoms with E-state index >= 15 is 0 Å². The van der Waals surface area contributed by atoms with Gasteiger partial charge in [0.2, 0.25) is 5.70 Å². The zero-order valence-corrected chi connectivity index (χ0v) is 16.8. The summed E-state index contributed by atoms with van der Waals surface area (Å²) in [5, 5.41) is 17.1. The van der Waals surface area contributed by atoms with Gasteiger partial charge in [-0.25, -0.2) is 0 Å². The maximum Gasteiger partial charge on any atom is 0.238 e. The van der Waals surface area contributed by atoms with Crippen LogP contribution in [0.25, 0.3) is 11.5 Å². The first-order valence-electron chi connectivity index (χ1n) is 8.17. The Kier molecular flexibility index (Phi) is 6.11. The van der Waals surface area contributed by atoms with Crippen molar-refractivity contribution in [3.63, 3.8) is 0 Å². The number of para-hydroxylation sites is 1. The quantitative estimate of drug-likeness (QED) is 0.290. The molecule has 0 saturated carbocycles. The highest BCUT2D eigenvalue weighted by atomic mass is 35.5. The van der Waals surface area contributed by atoms with Crippen LogP contribution in [0.2, 0.25) is 10.0 Å². The van der Waals surface area contributed by atoms with Crippen molar-refractivity contribution in [3.05, 3.63) is 94.2 Å². The fourth-order valence-electron chi connectivity index (χ4n) is 2.56. The molecule has 3 aromatic rings. The summed E-state index contributed by atoms with van der Waals surface area (Å²) < 4.78 is 1.72. The van der Waals surface area contributed by atoms with Crippen LogP contribution in [-0.4, -0.2) is 4.99 Å². The van der Waals surface area contributed by atoms with Gasteiger partial charge in [0, 0.05) is 17.3 Å². The van der Waals surface area contributed by atoms with Crippen LogP contribution in [-0.2, 0) is 0 Å². The van der Waals surface area contributed by atoms with E-state index in [9.17, 15) is 5.11 Å². The van der Waals surface area contributed by atoms with Gasteiger partial charge in [0.1, 0.15) is 0 Å². The van der Waals surface area contributed by atoms with E-state index in [1.165, 1.54) is 0 Å². The third kappa shape index (κ3) is 4.66. The van der Waals surface area contributed by atoms with Gasteiger partial charge in [0.15, 0.2) is 17.4 Å². The van der Waals surface area contributed by atoms with Crippen molar-refractivity contribution in [2.75, 3.05) is 5.32 Å². The number of benzene rings is 2. The number of halogens is 2. The molecule has 3 nitrogen and oxygen atoms in total. The number of hydrogen-bond acceptors (Lipinski definition) is 2. The Hall–Kier alpha value is -2.40. The Bertz CT molecular complexity index is 1020. The minimum Gasteiger partial charge on any atom is -0.867 e. The summed E-state index contributed by atoms with van der Waals surface area (Å²) >= 11 is 17.6. The number of nitrogens with zero attached hydrogens (tertiary/aromatic N) is 1. The highest BCUT2D eigenvalue weighted by Gasteiger charge is 2.19. The lowest BCUT2D eigenvalue weighted by atomic mass is 10.1. The van der Waals surface area contributed by atoms with Crippen molar-refractivity contribution in [1.82, 2.24) is 0 Å². The summed E-state index contributed by atoms with van der Waals surface area (Å²) in [6.07, 6.45) is 3.64. The van der Waals surface area contributed by atoms with Gasteiger partial charge in [-0.2, -0.15) is 4.57 Å². The lowest BCUT2D eigenvalue weighted by molar-refractivity contribution is -0.578. The minimum absolute atomic E-state index is 0.252. The minimum atomic E-state index is -0.252. The molecule has 0 amide bonds. The van der Waals surface area contributed by atoms with Crippen LogP contribution >= 0.6 is 35.4 Å². The molecule has 1 N–H and O–H groups in total. The Morgan fingerprint density at radius 2 is 1.74 bits per heavy atom. The zero-order chi connectivity index (χ0) is 19.4. The van der Waals surface area contributed by atoms with Gasteiger partial charge in [-0.3, -0.25) is 0 Å². The Morgan fingerprint density at radius 3 is 2.41 bits per heavy atom. The van der Waals surface area contributed by atoms with Crippen LogP contribution in [0, 0.1) is 6.92 Å². The first-order chi connectivity index (χ1) is 13.0. The first kappa shape index (κ1) is 19.4. The average Bonchev–Trinajstić information content (AvgIpc) is 2.65. The lowest BCUT2D eigenvalue weighted by Gasteiger charge is -2.17. The molecule has 27 heavy (non-hydrogen) atoms. The van der Waals surface area contributed by atoms with E-state index in [0.717, 1.165) is 11.3 Å². The number of thiocarbonyl (C=S) groups is 1. The topological polar surface area (TPSA) is 39.0 Å². The fraction of sp³-hybridized carbons (Fsp3) is 0.0476. The normalized spacial score (nSPS) is 11.7. The molecule has 0 fully saturated rings. The van der Waals surface area contributed by atoms with Gasteiger partial charge in [-0.15, -0.1) is 0 Å². The average molecular weight is 415 g/mol. The van der Waals surface area contributed by atoms with Gasteiger partial charge in [-0.05, 0) is 48.6 Å². The molecule has 0 aliphatic carbocycles. The van der Waals surface area contributed by atoms with Crippen molar-refractivity contribution in [1.29, 1.82) is 0 Å². The molecule has 0 radical (unpaired) electrons. The Labute approximate surface area is 173 Å². The Balaban J connectivity index is 2.11. The largest absolute Gasteiger partial charge is 0.867 e. The van der Waals surface area contributed by atoms with Crippen molar-refractivity contribution in [2.24, 2.45) is 0 Å². The molecule has 0 aliphatic rings. The zero-order valence-electron chi connectivity index (χ0n) is 14.4. The molecule has 0 atom stereocenters. The van der Waals surface area contributed by atoms with Crippen LogP contribution in [0.4, 0.5) is 5.69 Å². The molecule has 6 heteroatoms. The van der Waals surface area contributed by atoms with Crippen molar-refractivity contribution in [3.8, 4) is 0 Å². The third-order valence-electron chi connectivity index (χ3n) is 3.85. The second-order valence-electron chi connectivity index (χ2n) is 5.92. The van der Waals surface area contributed by atoms with Crippen LogP contribution < -0.4 is 15.0 Å². The van der Waals surface area contributed by atoms with Gasteiger partial charge in [0.05, 0.1) is 10.0 Å². The molecule has 0 unspecified atom stereocenters. The summed E-state index contributed by atoms with van der Waals surface area (Å²) in [6.45, 7) is 1.95. The molecule has 1 heterocycles. The molecular weight excluding hydrogens is 399 g/mol. The van der Waals surface area contributed by atoms with E-state index < -0.39 is 0 Å². The predicted molar refractivity (Wildman–Crippen MR) is 114 cm³/mol. The molecule has 1 aromatic heterocycles. The maximum atomic E-state index is 13.3. The highest BCUT2D eigenvalue weighted by molar-refractivity contribution is 7.81. The second-order valence-corrected chi connectivity index (χ2v) is 7.14. The molecule has 136 valence electrons. The molecule has 0 aliphatic heterocycles. The molecule has 2 aromatic carbocycles. The monoisotopic (exact) mass is 414 g/mol. The van der Waals surface area contributed by atoms with E-state index in [2.05, 4.69) is 5.32 Å². The lowest BCUT2D eigenvalue weighted by Crippen LogP contribution is -2.40. The Morgan fingerprint density at radius 1 is 1.00 bits per heavy atom. The third-order valence-corrected chi connectivity index (χ3v) is 4.88.